The van der Waals surface area contributed by atoms with Gasteiger partial charge in [-0.1, -0.05) is 79.5 Å². The van der Waals surface area contributed by atoms with E-state index in [9.17, 15) is 18.0 Å². The molecule has 3 aromatic carbocycles. The van der Waals surface area contributed by atoms with Crippen LogP contribution in [0.4, 0.5) is 5.69 Å². The molecule has 0 bridgehead atoms. The summed E-state index contributed by atoms with van der Waals surface area (Å²) in [4.78, 5) is 29.2. The summed E-state index contributed by atoms with van der Waals surface area (Å²) in [6.07, 6.45) is 1.29. The Labute approximate surface area is 253 Å². The molecule has 220 valence electrons. The summed E-state index contributed by atoms with van der Waals surface area (Å²) < 4.78 is 27.0. The molecule has 0 aliphatic heterocycles. The molecule has 0 radical (unpaired) electrons. The lowest BCUT2D eigenvalue weighted by Gasteiger charge is -2.34. The number of nitrogens with zero attached hydrogens (tertiary/aromatic N) is 2. The lowest BCUT2D eigenvalue weighted by Crippen LogP contribution is -2.53. The SMILES string of the molecule is Cc1ccc(N(CC(=O)N(Cc2ccc(Cl)cc2Cl)[C@H](Cc2ccccc2)C(=O)NCC(C)C)S(C)(=O)=O)cc1C. The Balaban J connectivity index is 2.08. The average molecular weight is 619 g/mol. The number of rotatable bonds is 12. The fraction of sp³-hybridized carbons (Fsp3) is 0.355. The Kier molecular flexibility index (Phi) is 11.2. The molecule has 10 heteroatoms. The van der Waals surface area contributed by atoms with E-state index in [1.807, 2.05) is 64.1 Å². The zero-order valence-corrected chi connectivity index (χ0v) is 26.4. The Hall–Kier alpha value is -3.07. The van der Waals surface area contributed by atoms with Gasteiger partial charge in [0.15, 0.2) is 0 Å². The van der Waals surface area contributed by atoms with E-state index < -0.39 is 28.5 Å². The van der Waals surface area contributed by atoms with Gasteiger partial charge in [0, 0.05) is 29.6 Å². The van der Waals surface area contributed by atoms with Crippen molar-refractivity contribution in [2.24, 2.45) is 5.92 Å². The number of halogens is 2. The van der Waals surface area contributed by atoms with Crippen molar-refractivity contribution < 1.29 is 18.0 Å². The van der Waals surface area contributed by atoms with Gasteiger partial charge in [-0.3, -0.25) is 13.9 Å². The second-order valence-electron chi connectivity index (χ2n) is 10.6. The van der Waals surface area contributed by atoms with Crippen LogP contribution in [-0.4, -0.2) is 50.5 Å². The standard InChI is InChI=1S/C31H37Cl2N3O4S/c1-21(2)18-34-31(38)29(16-24-9-7-6-8-10-24)35(19-25-12-13-26(32)17-28(25)33)30(37)20-36(41(5,39)40)27-14-11-22(3)23(4)15-27/h6-15,17,21,29H,16,18-20H2,1-5H3,(H,34,38)/t29-/m1/s1. The zero-order chi connectivity index (χ0) is 30.3. The van der Waals surface area contributed by atoms with E-state index in [1.165, 1.54) is 4.90 Å². The number of carbonyl (C=O) groups excluding carboxylic acids is 2. The summed E-state index contributed by atoms with van der Waals surface area (Å²) in [5.41, 5.74) is 3.69. The molecule has 0 spiro atoms. The third-order valence-corrected chi connectivity index (χ3v) is 8.50. The third kappa shape index (κ3) is 9.21. The highest BCUT2D eigenvalue weighted by Crippen LogP contribution is 2.26. The molecular formula is C31H37Cl2N3O4S. The molecule has 0 saturated heterocycles. The van der Waals surface area contributed by atoms with Gasteiger partial charge >= 0.3 is 0 Å². The third-order valence-electron chi connectivity index (χ3n) is 6.77. The molecule has 41 heavy (non-hydrogen) atoms. The molecule has 0 heterocycles. The maximum Gasteiger partial charge on any atom is 0.244 e. The van der Waals surface area contributed by atoms with E-state index in [-0.39, 0.29) is 24.8 Å². The first-order valence-corrected chi connectivity index (χ1v) is 16.0. The highest BCUT2D eigenvalue weighted by molar-refractivity contribution is 7.92. The number of aryl methyl sites for hydroxylation is 2. The van der Waals surface area contributed by atoms with Gasteiger partial charge in [-0.15, -0.1) is 0 Å². The van der Waals surface area contributed by atoms with E-state index in [0.29, 0.717) is 27.8 Å². The van der Waals surface area contributed by atoms with E-state index in [1.54, 1.807) is 30.3 Å². The second-order valence-corrected chi connectivity index (χ2v) is 13.4. The van der Waals surface area contributed by atoms with Gasteiger partial charge < -0.3 is 10.2 Å². The molecule has 7 nitrogen and oxygen atoms in total. The van der Waals surface area contributed by atoms with Crippen molar-refractivity contribution in [2.45, 2.75) is 46.7 Å². The van der Waals surface area contributed by atoms with Crippen LogP contribution in [0.25, 0.3) is 0 Å². The first kappa shape index (κ1) is 32.4. The summed E-state index contributed by atoms with van der Waals surface area (Å²) in [5, 5.41) is 3.73. The van der Waals surface area contributed by atoms with Crippen molar-refractivity contribution in [3.63, 3.8) is 0 Å². The fourth-order valence-corrected chi connectivity index (χ4v) is 5.61. The minimum Gasteiger partial charge on any atom is -0.354 e. The van der Waals surface area contributed by atoms with Gasteiger partial charge in [0.25, 0.3) is 0 Å². The van der Waals surface area contributed by atoms with Crippen molar-refractivity contribution in [3.05, 3.63) is 99.0 Å². The zero-order valence-electron chi connectivity index (χ0n) is 24.0. The van der Waals surface area contributed by atoms with Gasteiger partial charge in [-0.05, 0) is 66.3 Å². The van der Waals surface area contributed by atoms with Crippen LogP contribution in [0.1, 0.15) is 36.1 Å². The van der Waals surface area contributed by atoms with Crippen LogP contribution in [0.5, 0.6) is 0 Å². The van der Waals surface area contributed by atoms with Crippen LogP contribution in [0, 0.1) is 19.8 Å². The first-order chi connectivity index (χ1) is 19.3. The first-order valence-electron chi connectivity index (χ1n) is 13.4. The average Bonchev–Trinajstić information content (AvgIpc) is 2.90. The molecule has 0 aliphatic carbocycles. The van der Waals surface area contributed by atoms with E-state index >= 15 is 0 Å². The van der Waals surface area contributed by atoms with Crippen LogP contribution in [0.3, 0.4) is 0 Å². The molecule has 0 aliphatic rings. The summed E-state index contributed by atoms with van der Waals surface area (Å²) in [6.45, 7) is 7.68. The topological polar surface area (TPSA) is 86.8 Å². The van der Waals surface area contributed by atoms with Crippen LogP contribution in [0.2, 0.25) is 10.0 Å². The van der Waals surface area contributed by atoms with Gasteiger partial charge in [0.05, 0.1) is 11.9 Å². The molecule has 3 rings (SSSR count). The quantitative estimate of drug-likeness (QED) is 0.279. The van der Waals surface area contributed by atoms with Crippen molar-refractivity contribution in [1.29, 1.82) is 0 Å². The van der Waals surface area contributed by atoms with Crippen LogP contribution in [0.15, 0.2) is 66.7 Å². The number of hydrogen-bond acceptors (Lipinski definition) is 4. The number of nitrogens with one attached hydrogen (secondary N) is 1. The molecule has 2 amide bonds. The Morgan fingerprint density at radius 1 is 0.927 bits per heavy atom. The molecule has 0 saturated carbocycles. The maximum atomic E-state index is 14.2. The van der Waals surface area contributed by atoms with E-state index in [0.717, 1.165) is 27.3 Å². The van der Waals surface area contributed by atoms with Gasteiger partial charge in [-0.2, -0.15) is 0 Å². The van der Waals surface area contributed by atoms with Crippen LogP contribution in [-0.2, 0) is 32.6 Å². The summed E-state index contributed by atoms with van der Waals surface area (Å²) in [6, 6.07) is 18.6. The second kappa shape index (κ2) is 14.2. The molecule has 0 fully saturated rings. The van der Waals surface area contributed by atoms with Crippen LogP contribution < -0.4 is 9.62 Å². The molecule has 0 aromatic heterocycles. The fourth-order valence-electron chi connectivity index (χ4n) is 4.30. The van der Waals surface area contributed by atoms with Crippen molar-refractivity contribution >= 4 is 50.7 Å². The summed E-state index contributed by atoms with van der Waals surface area (Å²) in [7, 11) is -3.85. The van der Waals surface area contributed by atoms with Gasteiger partial charge in [-0.25, -0.2) is 8.42 Å². The predicted molar refractivity (Wildman–Crippen MR) is 167 cm³/mol. The molecule has 1 atom stereocenters. The molecule has 0 unspecified atom stereocenters. The Bertz CT molecular complexity index is 1480. The highest BCUT2D eigenvalue weighted by atomic mass is 35.5. The van der Waals surface area contributed by atoms with Gasteiger partial charge in [0.2, 0.25) is 21.8 Å². The Morgan fingerprint density at radius 2 is 1.61 bits per heavy atom. The maximum absolute atomic E-state index is 14.2. The van der Waals surface area contributed by atoms with Gasteiger partial charge in [0.1, 0.15) is 12.6 Å². The predicted octanol–water partition coefficient (Wildman–Crippen LogP) is 5.79. The number of sulfonamides is 1. The number of hydrogen-bond donors (Lipinski definition) is 1. The normalized spacial score (nSPS) is 12.2. The Morgan fingerprint density at radius 3 is 2.20 bits per heavy atom. The van der Waals surface area contributed by atoms with Crippen LogP contribution >= 0.6 is 23.2 Å². The minimum atomic E-state index is -3.85. The lowest BCUT2D eigenvalue weighted by molar-refractivity contribution is -0.140. The van der Waals surface area contributed by atoms with E-state index in [2.05, 4.69) is 5.32 Å². The number of anilines is 1. The van der Waals surface area contributed by atoms with Crippen molar-refractivity contribution in [1.82, 2.24) is 10.2 Å². The van der Waals surface area contributed by atoms with E-state index in [4.69, 9.17) is 23.2 Å². The molecule has 3 aromatic rings. The molecule has 1 N–H and O–H groups in total. The highest BCUT2D eigenvalue weighted by Gasteiger charge is 2.33. The number of carbonyl (C=O) groups is 2. The number of benzene rings is 3. The summed E-state index contributed by atoms with van der Waals surface area (Å²) >= 11 is 12.6. The largest absolute Gasteiger partial charge is 0.354 e. The number of amides is 2. The monoisotopic (exact) mass is 617 g/mol. The van der Waals surface area contributed by atoms with Crippen molar-refractivity contribution in [3.8, 4) is 0 Å². The molecular weight excluding hydrogens is 581 g/mol. The lowest BCUT2D eigenvalue weighted by atomic mass is 10.0. The smallest absolute Gasteiger partial charge is 0.244 e. The summed E-state index contributed by atoms with van der Waals surface area (Å²) in [5.74, 6) is -0.685. The minimum absolute atomic E-state index is 0.0219. The van der Waals surface area contributed by atoms with Crippen molar-refractivity contribution in [2.75, 3.05) is 23.7 Å².